The summed E-state index contributed by atoms with van der Waals surface area (Å²) in [4.78, 5) is 14.4. The van der Waals surface area contributed by atoms with E-state index >= 15 is 0 Å². The standard InChI is InChI=1S/C17H28N2O/c1-4-7-10-15(9-5-2)16-11-8-12-19(16)17(20)14(6-3)13-18/h6,15-16H,4-5,7-12H2,1-3H3/b14-6+. The zero-order chi connectivity index (χ0) is 15.0. The molecule has 1 amide bonds. The van der Waals surface area contributed by atoms with Gasteiger partial charge in [-0.25, -0.2) is 0 Å². The lowest BCUT2D eigenvalue weighted by Crippen LogP contribution is -2.40. The molecule has 1 fully saturated rings. The van der Waals surface area contributed by atoms with Gasteiger partial charge in [0.25, 0.3) is 5.91 Å². The Balaban J connectivity index is 2.80. The number of rotatable bonds is 7. The van der Waals surface area contributed by atoms with E-state index < -0.39 is 0 Å². The molecule has 0 N–H and O–H groups in total. The van der Waals surface area contributed by atoms with E-state index in [2.05, 4.69) is 13.8 Å². The normalized spacial score (nSPS) is 20.8. The molecule has 112 valence electrons. The second-order valence-electron chi connectivity index (χ2n) is 5.71. The zero-order valence-electron chi connectivity index (χ0n) is 13.2. The minimum atomic E-state index is -0.0601. The van der Waals surface area contributed by atoms with E-state index in [9.17, 15) is 4.79 Å². The van der Waals surface area contributed by atoms with Crippen LogP contribution in [0.15, 0.2) is 11.6 Å². The van der Waals surface area contributed by atoms with Crippen LogP contribution in [-0.2, 0) is 4.79 Å². The molecule has 0 aliphatic carbocycles. The van der Waals surface area contributed by atoms with Gasteiger partial charge in [-0.1, -0.05) is 39.2 Å². The highest BCUT2D eigenvalue weighted by Crippen LogP contribution is 2.31. The number of carbonyl (C=O) groups excluding carboxylic acids is 1. The number of amides is 1. The van der Waals surface area contributed by atoms with Crippen LogP contribution >= 0.6 is 0 Å². The fraction of sp³-hybridized carbons (Fsp3) is 0.765. The van der Waals surface area contributed by atoms with E-state index in [4.69, 9.17) is 5.26 Å². The minimum absolute atomic E-state index is 0.0601. The SMILES string of the molecule is C/C=C(\C#N)C(=O)N1CCCC1C(CCC)CCCC. The van der Waals surface area contributed by atoms with E-state index in [1.54, 1.807) is 13.0 Å². The van der Waals surface area contributed by atoms with Crippen molar-refractivity contribution in [2.24, 2.45) is 5.92 Å². The number of unbranched alkanes of at least 4 members (excludes halogenated alkanes) is 1. The Labute approximate surface area is 123 Å². The topological polar surface area (TPSA) is 44.1 Å². The first-order chi connectivity index (χ1) is 9.69. The summed E-state index contributed by atoms with van der Waals surface area (Å²) in [5, 5.41) is 9.06. The van der Waals surface area contributed by atoms with Crippen LogP contribution in [-0.4, -0.2) is 23.4 Å². The molecule has 0 radical (unpaired) electrons. The monoisotopic (exact) mass is 276 g/mol. The Morgan fingerprint density at radius 1 is 1.40 bits per heavy atom. The first-order valence-corrected chi connectivity index (χ1v) is 8.06. The van der Waals surface area contributed by atoms with Crippen molar-refractivity contribution < 1.29 is 4.79 Å². The van der Waals surface area contributed by atoms with Crippen LogP contribution in [0.4, 0.5) is 0 Å². The fourth-order valence-corrected chi connectivity index (χ4v) is 3.29. The molecule has 0 aromatic heterocycles. The van der Waals surface area contributed by atoms with Crippen LogP contribution in [0, 0.1) is 17.2 Å². The first-order valence-electron chi connectivity index (χ1n) is 8.06. The highest BCUT2D eigenvalue weighted by molar-refractivity contribution is 5.97. The second kappa shape index (κ2) is 8.79. The van der Waals surface area contributed by atoms with Crippen molar-refractivity contribution in [3.63, 3.8) is 0 Å². The maximum Gasteiger partial charge on any atom is 0.264 e. The van der Waals surface area contributed by atoms with Gasteiger partial charge < -0.3 is 4.90 Å². The summed E-state index contributed by atoms with van der Waals surface area (Å²) in [6.45, 7) is 7.01. The molecular weight excluding hydrogens is 248 g/mol. The number of hydrogen-bond acceptors (Lipinski definition) is 2. The third kappa shape index (κ3) is 4.10. The van der Waals surface area contributed by atoms with Gasteiger partial charge in [0.05, 0.1) is 0 Å². The molecule has 3 heteroatoms. The molecule has 2 unspecified atom stereocenters. The van der Waals surface area contributed by atoms with Crippen LogP contribution in [0.1, 0.15) is 65.7 Å². The van der Waals surface area contributed by atoms with Gasteiger partial charge in [-0.15, -0.1) is 0 Å². The molecule has 0 aromatic carbocycles. The zero-order valence-corrected chi connectivity index (χ0v) is 13.2. The predicted octanol–water partition coefficient (Wildman–Crippen LogP) is 4.05. The van der Waals surface area contributed by atoms with Gasteiger partial charge in [0.1, 0.15) is 11.6 Å². The molecule has 20 heavy (non-hydrogen) atoms. The van der Waals surface area contributed by atoms with Gasteiger partial charge in [0.2, 0.25) is 0 Å². The molecule has 0 saturated carbocycles. The molecular formula is C17H28N2O. The third-order valence-corrected chi connectivity index (χ3v) is 4.33. The quantitative estimate of drug-likeness (QED) is 0.520. The average molecular weight is 276 g/mol. The molecule has 1 saturated heterocycles. The number of nitriles is 1. The van der Waals surface area contributed by atoms with Gasteiger partial charge in [-0.3, -0.25) is 4.79 Å². The van der Waals surface area contributed by atoms with Crippen molar-refractivity contribution in [1.29, 1.82) is 5.26 Å². The van der Waals surface area contributed by atoms with Crippen LogP contribution in [0.2, 0.25) is 0 Å². The summed E-state index contributed by atoms with van der Waals surface area (Å²) in [5.41, 5.74) is 0.294. The smallest absolute Gasteiger partial charge is 0.264 e. The summed E-state index contributed by atoms with van der Waals surface area (Å²) in [7, 11) is 0. The fourth-order valence-electron chi connectivity index (χ4n) is 3.29. The van der Waals surface area contributed by atoms with Crippen LogP contribution in [0.3, 0.4) is 0 Å². The maximum atomic E-state index is 12.4. The van der Waals surface area contributed by atoms with Crippen LogP contribution < -0.4 is 0 Å². The number of carbonyl (C=O) groups is 1. The minimum Gasteiger partial charge on any atom is -0.335 e. The summed E-state index contributed by atoms with van der Waals surface area (Å²) in [5.74, 6) is 0.540. The Bertz CT molecular complexity index is 381. The highest BCUT2D eigenvalue weighted by Gasteiger charge is 2.34. The summed E-state index contributed by atoms with van der Waals surface area (Å²) in [6, 6.07) is 2.38. The highest BCUT2D eigenvalue weighted by atomic mass is 16.2. The molecule has 0 bridgehead atoms. The van der Waals surface area contributed by atoms with E-state index in [1.165, 1.54) is 32.1 Å². The first kappa shape index (κ1) is 16.8. The summed E-state index contributed by atoms with van der Waals surface area (Å²) < 4.78 is 0. The molecule has 1 rings (SSSR count). The average Bonchev–Trinajstić information content (AvgIpc) is 2.93. The molecule has 0 spiro atoms. The Morgan fingerprint density at radius 3 is 2.70 bits per heavy atom. The van der Waals surface area contributed by atoms with Crippen molar-refractivity contribution in [3.05, 3.63) is 11.6 Å². The van der Waals surface area contributed by atoms with Gasteiger partial charge in [-0.2, -0.15) is 5.26 Å². The Morgan fingerprint density at radius 2 is 2.15 bits per heavy atom. The van der Waals surface area contributed by atoms with Gasteiger partial charge in [-0.05, 0) is 38.5 Å². The molecule has 1 aliphatic rings. The van der Waals surface area contributed by atoms with Gasteiger partial charge in [0.15, 0.2) is 0 Å². The molecule has 1 heterocycles. The molecule has 2 atom stereocenters. The summed E-state index contributed by atoms with van der Waals surface area (Å²) >= 11 is 0. The molecule has 3 nitrogen and oxygen atoms in total. The maximum absolute atomic E-state index is 12.4. The van der Waals surface area contributed by atoms with Crippen molar-refractivity contribution >= 4 is 5.91 Å². The van der Waals surface area contributed by atoms with E-state index in [0.29, 0.717) is 17.5 Å². The largest absolute Gasteiger partial charge is 0.335 e. The lowest BCUT2D eigenvalue weighted by Gasteiger charge is -2.31. The lowest BCUT2D eigenvalue weighted by molar-refractivity contribution is -0.128. The van der Waals surface area contributed by atoms with Crippen LogP contribution in [0.25, 0.3) is 0 Å². The third-order valence-electron chi connectivity index (χ3n) is 4.33. The Kier molecular flexibility index (Phi) is 7.36. The van der Waals surface area contributed by atoms with Crippen molar-refractivity contribution in [1.82, 2.24) is 4.90 Å². The van der Waals surface area contributed by atoms with Crippen LogP contribution in [0.5, 0.6) is 0 Å². The Hall–Kier alpha value is -1.30. The van der Waals surface area contributed by atoms with Gasteiger partial charge >= 0.3 is 0 Å². The number of nitrogens with zero attached hydrogens (tertiary/aromatic N) is 2. The molecule has 1 aliphatic heterocycles. The lowest BCUT2D eigenvalue weighted by atomic mass is 9.88. The van der Waals surface area contributed by atoms with E-state index in [-0.39, 0.29) is 5.91 Å². The van der Waals surface area contributed by atoms with Crippen molar-refractivity contribution in [3.8, 4) is 6.07 Å². The van der Waals surface area contributed by atoms with Crippen molar-refractivity contribution in [2.75, 3.05) is 6.54 Å². The number of allylic oxidation sites excluding steroid dienone is 1. The summed E-state index contributed by atoms with van der Waals surface area (Å²) in [6.07, 6.45) is 9.81. The number of hydrogen-bond donors (Lipinski definition) is 0. The van der Waals surface area contributed by atoms with E-state index in [1.807, 2.05) is 11.0 Å². The predicted molar refractivity (Wildman–Crippen MR) is 82.0 cm³/mol. The molecule has 0 aromatic rings. The van der Waals surface area contributed by atoms with E-state index in [0.717, 1.165) is 19.4 Å². The second-order valence-corrected chi connectivity index (χ2v) is 5.71. The number of likely N-dealkylation sites (tertiary alicyclic amines) is 1. The van der Waals surface area contributed by atoms with Gasteiger partial charge in [0, 0.05) is 12.6 Å². The van der Waals surface area contributed by atoms with Crippen molar-refractivity contribution in [2.45, 2.75) is 71.8 Å².